The maximum Gasteiger partial charge on any atom is 0.163 e. The third-order valence-corrected chi connectivity index (χ3v) is 7.00. The number of halogens is 2. The highest BCUT2D eigenvalue weighted by atomic mass is 35.5. The Morgan fingerprint density at radius 1 is 0.938 bits per heavy atom. The number of carbonyl (C=O) groups is 1. The molecule has 2 aliphatic rings. The molecule has 0 saturated carbocycles. The van der Waals surface area contributed by atoms with Gasteiger partial charge in [0.15, 0.2) is 5.78 Å². The van der Waals surface area contributed by atoms with Gasteiger partial charge in [-0.3, -0.25) is 4.79 Å². The van der Waals surface area contributed by atoms with E-state index in [0.717, 1.165) is 33.9 Å². The van der Waals surface area contributed by atoms with Crippen molar-refractivity contribution in [3.05, 3.63) is 99.2 Å². The molecule has 0 aromatic heterocycles. The van der Waals surface area contributed by atoms with Crippen LogP contribution in [0.3, 0.4) is 0 Å². The van der Waals surface area contributed by atoms with Gasteiger partial charge >= 0.3 is 0 Å². The zero-order valence-electron chi connectivity index (χ0n) is 17.5. The van der Waals surface area contributed by atoms with Crippen LogP contribution >= 0.6 is 23.2 Å². The normalized spacial score (nSPS) is 19.9. The lowest BCUT2D eigenvalue weighted by molar-refractivity contribution is -0.116. The number of nitrogens with one attached hydrogen (secondary N) is 2. The van der Waals surface area contributed by atoms with Crippen LogP contribution in [0.4, 0.5) is 11.4 Å². The molecule has 0 spiro atoms. The maximum atomic E-state index is 13.6. The first-order valence-corrected chi connectivity index (χ1v) is 11.3. The number of ether oxygens (including phenoxy) is 1. The molecule has 0 amide bonds. The number of Topliss-reactive ketones (excluding diaryl/α,β-unsaturated/α-hetero) is 1. The number of anilines is 2. The van der Waals surface area contributed by atoms with E-state index < -0.39 is 6.04 Å². The highest BCUT2D eigenvalue weighted by Gasteiger charge is 2.37. The molecule has 0 fully saturated rings. The molecule has 1 aliphatic carbocycles. The number of allylic oxidation sites excluding steroid dienone is 1. The fourth-order valence-electron chi connectivity index (χ4n) is 4.60. The lowest BCUT2D eigenvalue weighted by Crippen LogP contribution is -2.27. The SMILES string of the molecule is COc1cccc(C2CC(=O)C3=C(C2)Nc2ccccc2NC3c2cccc(Cl)c2Cl)c1. The van der Waals surface area contributed by atoms with Crippen LogP contribution in [0.5, 0.6) is 5.75 Å². The van der Waals surface area contributed by atoms with Gasteiger partial charge in [0.05, 0.1) is 34.6 Å². The zero-order valence-corrected chi connectivity index (χ0v) is 19.0. The van der Waals surface area contributed by atoms with E-state index in [2.05, 4.69) is 16.7 Å². The molecule has 0 radical (unpaired) electrons. The van der Waals surface area contributed by atoms with Crippen LogP contribution in [-0.4, -0.2) is 12.9 Å². The largest absolute Gasteiger partial charge is 0.497 e. The van der Waals surface area contributed by atoms with Crippen LogP contribution < -0.4 is 15.4 Å². The van der Waals surface area contributed by atoms with Gasteiger partial charge in [0.2, 0.25) is 0 Å². The van der Waals surface area contributed by atoms with E-state index in [9.17, 15) is 4.79 Å². The van der Waals surface area contributed by atoms with Gasteiger partial charge in [-0.2, -0.15) is 0 Å². The van der Waals surface area contributed by atoms with Crippen molar-refractivity contribution in [3.8, 4) is 5.75 Å². The molecule has 32 heavy (non-hydrogen) atoms. The Kier molecular flexibility index (Phi) is 5.58. The van der Waals surface area contributed by atoms with Crippen molar-refractivity contribution in [2.24, 2.45) is 0 Å². The molecular formula is C26H22Cl2N2O2. The highest BCUT2D eigenvalue weighted by Crippen LogP contribution is 2.46. The van der Waals surface area contributed by atoms with Crippen LogP contribution in [0.2, 0.25) is 10.0 Å². The summed E-state index contributed by atoms with van der Waals surface area (Å²) >= 11 is 12.9. The van der Waals surface area contributed by atoms with Crippen LogP contribution in [0.15, 0.2) is 78.0 Å². The quantitative estimate of drug-likeness (QED) is 0.438. The van der Waals surface area contributed by atoms with Crippen LogP contribution in [-0.2, 0) is 4.79 Å². The molecule has 1 aliphatic heterocycles. The molecule has 6 heteroatoms. The Balaban J connectivity index is 1.63. The first-order valence-electron chi connectivity index (χ1n) is 10.5. The van der Waals surface area contributed by atoms with Gasteiger partial charge in [0.25, 0.3) is 0 Å². The molecule has 2 N–H and O–H groups in total. The van der Waals surface area contributed by atoms with Crippen molar-refractivity contribution >= 4 is 40.4 Å². The van der Waals surface area contributed by atoms with Gasteiger partial charge in [0.1, 0.15) is 5.75 Å². The second-order valence-electron chi connectivity index (χ2n) is 8.09. The molecule has 3 aromatic rings. The Hall–Kier alpha value is -2.95. The van der Waals surface area contributed by atoms with Crippen molar-refractivity contribution in [1.29, 1.82) is 0 Å². The van der Waals surface area contributed by atoms with Crippen molar-refractivity contribution in [2.45, 2.75) is 24.8 Å². The summed E-state index contributed by atoms with van der Waals surface area (Å²) in [6, 6.07) is 21.0. The molecule has 2 atom stereocenters. The number of hydrogen-bond donors (Lipinski definition) is 2. The molecule has 5 rings (SSSR count). The summed E-state index contributed by atoms with van der Waals surface area (Å²) in [6.45, 7) is 0. The van der Waals surface area contributed by atoms with E-state index in [1.165, 1.54) is 0 Å². The number of benzene rings is 3. The fraction of sp³-hybridized carbons (Fsp3) is 0.192. The van der Waals surface area contributed by atoms with E-state index in [-0.39, 0.29) is 11.7 Å². The molecule has 1 heterocycles. The number of hydrogen-bond acceptors (Lipinski definition) is 4. The highest BCUT2D eigenvalue weighted by molar-refractivity contribution is 6.42. The molecule has 162 valence electrons. The average molecular weight is 465 g/mol. The van der Waals surface area contributed by atoms with Gasteiger partial charge in [0, 0.05) is 17.7 Å². The smallest absolute Gasteiger partial charge is 0.163 e. The van der Waals surface area contributed by atoms with Gasteiger partial charge in [-0.15, -0.1) is 0 Å². The van der Waals surface area contributed by atoms with E-state index in [4.69, 9.17) is 27.9 Å². The van der Waals surface area contributed by atoms with E-state index in [1.807, 2.05) is 54.6 Å². The minimum absolute atomic E-state index is 0.0598. The first kappa shape index (κ1) is 20.9. The van der Waals surface area contributed by atoms with Crippen LogP contribution in [0.25, 0.3) is 0 Å². The first-order chi connectivity index (χ1) is 15.5. The van der Waals surface area contributed by atoms with Gasteiger partial charge in [-0.1, -0.05) is 59.6 Å². The van der Waals surface area contributed by atoms with E-state index in [1.54, 1.807) is 13.2 Å². The van der Waals surface area contributed by atoms with Gasteiger partial charge < -0.3 is 15.4 Å². The molecule has 0 bridgehead atoms. The summed E-state index contributed by atoms with van der Waals surface area (Å²) < 4.78 is 5.40. The Bertz CT molecular complexity index is 1240. The van der Waals surface area contributed by atoms with Crippen molar-refractivity contribution < 1.29 is 9.53 Å². The monoisotopic (exact) mass is 464 g/mol. The molecule has 3 aromatic carbocycles. The minimum Gasteiger partial charge on any atom is -0.497 e. The summed E-state index contributed by atoms with van der Waals surface area (Å²) in [6.07, 6.45) is 1.12. The Morgan fingerprint density at radius 3 is 2.53 bits per heavy atom. The van der Waals surface area contributed by atoms with Crippen molar-refractivity contribution in [1.82, 2.24) is 0 Å². The van der Waals surface area contributed by atoms with Crippen LogP contribution in [0.1, 0.15) is 35.9 Å². The summed E-state index contributed by atoms with van der Waals surface area (Å²) in [5.41, 5.74) is 5.35. The van der Waals surface area contributed by atoms with Crippen molar-refractivity contribution in [3.63, 3.8) is 0 Å². The summed E-state index contributed by atoms with van der Waals surface area (Å²) in [5, 5.41) is 8.01. The summed E-state index contributed by atoms with van der Waals surface area (Å²) in [5.74, 6) is 0.941. The molecule has 4 nitrogen and oxygen atoms in total. The summed E-state index contributed by atoms with van der Waals surface area (Å²) in [4.78, 5) is 13.6. The number of ketones is 1. The third-order valence-electron chi connectivity index (χ3n) is 6.17. The number of rotatable bonds is 3. The van der Waals surface area contributed by atoms with Crippen molar-refractivity contribution in [2.75, 3.05) is 17.7 Å². The number of carbonyl (C=O) groups excluding carboxylic acids is 1. The predicted molar refractivity (Wildman–Crippen MR) is 130 cm³/mol. The number of para-hydroxylation sites is 2. The van der Waals surface area contributed by atoms with Gasteiger partial charge in [-0.05, 0) is 53.8 Å². The Labute approximate surface area is 197 Å². The number of methoxy groups -OCH3 is 1. The van der Waals surface area contributed by atoms with Crippen LogP contribution in [0, 0.1) is 0 Å². The fourth-order valence-corrected chi connectivity index (χ4v) is 5.02. The zero-order chi connectivity index (χ0) is 22.2. The standard InChI is InChI=1S/C26H22Cl2N2O2/c1-32-17-7-4-6-15(12-17)16-13-22-24(23(31)14-16)26(18-8-5-9-19(27)25(18)28)30-21-11-3-2-10-20(21)29-22/h2-12,16,26,29-30H,13-14H2,1H3. The minimum atomic E-state index is -0.397. The lowest BCUT2D eigenvalue weighted by atomic mass is 9.78. The average Bonchev–Trinajstić information content (AvgIpc) is 2.97. The Morgan fingerprint density at radius 2 is 1.72 bits per heavy atom. The topological polar surface area (TPSA) is 50.4 Å². The third kappa shape index (κ3) is 3.74. The summed E-state index contributed by atoms with van der Waals surface area (Å²) in [7, 11) is 1.65. The molecular weight excluding hydrogens is 443 g/mol. The maximum absolute atomic E-state index is 13.6. The van der Waals surface area contributed by atoms with Gasteiger partial charge in [-0.25, -0.2) is 0 Å². The second kappa shape index (κ2) is 8.53. The molecule has 2 unspecified atom stereocenters. The van der Waals surface area contributed by atoms with E-state index in [0.29, 0.717) is 28.5 Å². The predicted octanol–water partition coefficient (Wildman–Crippen LogP) is 6.98. The molecule has 0 saturated heterocycles. The second-order valence-corrected chi connectivity index (χ2v) is 8.87. The van der Waals surface area contributed by atoms with E-state index >= 15 is 0 Å². The lowest BCUT2D eigenvalue weighted by Gasteiger charge is -2.30. The number of fused-ring (bicyclic) bond motifs is 1.